The molecule has 0 fully saturated rings. The highest BCUT2D eigenvalue weighted by atomic mass is 79.9. The predicted molar refractivity (Wildman–Crippen MR) is 51.0 cm³/mol. The SMILES string of the molecule is O=S(=O)(P)c1ccc(Br)cc1. The van der Waals surface area contributed by atoms with Gasteiger partial charge in [-0.05, 0) is 32.7 Å². The highest BCUT2D eigenvalue weighted by Gasteiger charge is 2.04. The first kappa shape index (κ1) is 9.17. The lowest BCUT2D eigenvalue weighted by atomic mass is 10.4. The molecule has 1 atom stereocenters. The number of benzene rings is 1. The molecule has 1 aromatic carbocycles. The summed E-state index contributed by atoms with van der Waals surface area (Å²) in [5.74, 6) is 0. The smallest absolute Gasteiger partial charge is 0.189 e. The zero-order valence-electron chi connectivity index (χ0n) is 5.49. The van der Waals surface area contributed by atoms with Gasteiger partial charge >= 0.3 is 0 Å². The van der Waals surface area contributed by atoms with Crippen molar-refractivity contribution in [3.8, 4) is 0 Å². The largest absolute Gasteiger partial charge is 0.220 e. The minimum absolute atomic E-state index is 0.311. The molecule has 0 aliphatic heterocycles. The minimum atomic E-state index is -3.12. The molecule has 0 saturated carbocycles. The van der Waals surface area contributed by atoms with Crippen LogP contribution in [0, 0.1) is 0 Å². The second-order valence-corrected chi connectivity index (χ2v) is 6.34. The van der Waals surface area contributed by atoms with Crippen LogP contribution in [-0.2, 0) is 9.46 Å². The highest BCUT2D eigenvalue weighted by Crippen LogP contribution is 2.19. The van der Waals surface area contributed by atoms with Crippen LogP contribution < -0.4 is 0 Å². The Bertz CT molecular complexity index is 343. The third kappa shape index (κ3) is 2.55. The van der Waals surface area contributed by atoms with Gasteiger partial charge in [0.15, 0.2) is 9.46 Å². The summed E-state index contributed by atoms with van der Waals surface area (Å²) in [5.41, 5.74) is 0. The van der Waals surface area contributed by atoms with Crippen molar-refractivity contribution in [2.24, 2.45) is 0 Å². The van der Waals surface area contributed by atoms with E-state index in [1.807, 2.05) is 0 Å². The van der Waals surface area contributed by atoms with Crippen LogP contribution >= 0.6 is 24.4 Å². The van der Waals surface area contributed by atoms with Gasteiger partial charge in [0.1, 0.15) is 0 Å². The predicted octanol–water partition coefficient (Wildman–Crippen LogP) is 2.01. The van der Waals surface area contributed by atoms with Crippen LogP contribution in [-0.4, -0.2) is 8.42 Å². The first-order valence-electron chi connectivity index (χ1n) is 2.78. The van der Waals surface area contributed by atoms with Crippen molar-refractivity contribution in [2.75, 3.05) is 0 Å². The van der Waals surface area contributed by atoms with Crippen LogP contribution in [0.1, 0.15) is 0 Å². The van der Waals surface area contributed by atoms with Gasteiger partial charge in [0.05, 0.1) is 4.90 Å². The zero-order chi connectivity index (χ0) is 8.48. The molecule has 5 heteroatoms. The Hall–Kier alpha value is 0.0800. The lowest BCUT2D eigenvalue weighted by Crippen LogP contribution is -1.87. The van der Waals surface area contributed by atoms with E-state index in [-0.39, 0.29) is 0 Å². The Morgan fingerprint density at radius 2 is 1.64 bits per heavy atom. The van der Waals surface area contributed by atoms with E-state index >= 15 is 0 Å². The Morgan fingerprint density at radius 3 is 2.00 bits per heavy atom. The molecule has 1 aromatic rings. The van der Waals surface area contributed by atoms with E-state index in [1.54, 1.807) is 32.7 Å². The highest BCUT2D eigenvalue weighted by molar-refractivity contribution is 9.10. The number of hydrogen-bond donors (Lipinski definition) is 0. The van der Waals surface area contributed by atoms with E-state index in [9.17, 15) is 8.42 Å². The lowest BCUT2D eigenvalue weighted by molar-refractivity contribution is 0.610. The van der Waals surface area contributed by atoms with Gasteiger partial charge in [-0.1, -0.05) is 15.9 Å². The maximum Gasteiger partial charge on any atom is 0.189 e. The fraction of sp³-hybridized carbons (Fsp3) is 0. The second-order valence-electron chi connectivity index (χ2n) is 2.00. The van der Waals surface area contributed by atoms with Crippen LogP contribution in [0.15, 0.2) is 33.6 Å². The molecule has 0 saturated heterocycles. The summed E-state index contributed by atoms with van der Waals surface area (Å²) in [4.78, 5) is 0.311. The van der Waals surface area contributed by atoms with Gasteiger partial charge in [-0.15, -0.1) is 0 Å². The van der Waals surface area contributed by atoms with Crippen molar-refractivity contribution in [2.45, 2.75) is 4.90 Å². The molecule has 0 spiro atoms. The molecule has 2 nitrogen and oxygen atoms in total. The first-order valence-corrected chi connectivity index (χ1v) is 6.54. The molecule has 1 rings (SSSR count). The van der Waals surface area contributed by atoms with Gasteiger partial charge in [-0.2, -0.15) is 0 Å². The van der Waals surface area contributed by atoms with Gasteiger partial charge in [0.2, 0.25) is 0 Å². The van der Waals surface area contributed by atoms with E-state index in [0.717, 1.165) is 4.47 Å². The summed E-state index contributed by atoms with van der Waals surface area (Å²) < 4.78 is 22.7. The van der Waals surface area contributed by atoms with E-state index in [2.05, 4.69) is 15.9 Å². The molecule has 1 unspecified atom stereocenters. The fourth-order valence-electron chi connectivity index (χ4n) is 0.624. The van der Waals surface area contributed by atoms with E-state index in [0.29, 0.717) is 4.90 Å². The van der Waals surface area contributed by atoms with Gasteiger partial charge in [0, 0.05) is 4.47 Å². The van der Waals surface area contributed by atoms with Gasteiger partial charge < -0.3 is 0 Å². The molecule has 0 aliphatic rings. The second kappa shape index (κ2) is 3.21. The summed E-state index contributed by atoms with van der Waals surface area (Å²) in [7, 11) is -1.32. The zero-order valence-corrected chi connectivity index (χ0v) is 9.05. The van der Waals surface area contributed by atoms with Crippen molar-refractivity contribution >= 4 is 33.8 Å². The Morgan fingerprint density at radius 1 is 1.18 bits per heavy atom. The number of hydrogen-bond acceptors (Lipinski definition) is 2. The van der Waals surface area contributed by atoms with E-state index in [1.165, 1.54) is 0 Å². The fourth-order valence-corrected chi connectivity index (χ4v) is 1.88. The number of rotatable bonds is 1. The molecule has 11 heavy (non-hydrogen) atoms. The summed E-state index contributed by atoms with van der Waals surface area (Å²) >= 11 is 3.21. The molecule has 0 amide bonds. The topological polar surface area (TPSA) is 34.1 Å². The van der Waals surface area contributed by atoms with Crippen molar-refractivity contribution in [1.82, 2.24) is 0 Å². The molecule has 60 valence electrons. The van der Waals surface area contributed by atoms with Crippen molar-refractivity contribution in [3.63, 3.8) is 0 Å². The maximum atomic E-state index is 10.9. The Kier molecular flexibility index (Phi) is 2.68. The molecule has 0 N–H and O–H groups in total. The minimum Gasteiger partial charge on any atom is -0.220 e. The van der Waals surface area contributed by atoms with Crippen LogP contribution in [0.5, 0.6) is 0 Å². The summed E-state index contributed by atoms with van der Waals surface area (Å²) in [5, 5.41) is 0. The molecule has 0 aromatic heterocycles. The van der Waals surface area contributed by atoms with E-state index < -0.39 is 9.46 Å². The van der Waals surface area contributed by atoms with Gasteiger partial charge in [0.25, 0.3) is 0 Å². The monoisotopic (exact) mass is 252 g/mol. The standard InChI is InChI=1S/C6H6BrO2PS/c7-5-1-3-6(4-2-5)11(8,9)10/h1-4H,10H2. The third-order valence-corrected chi connectivity index (χ3v) is 3.42. The molecule has 0 bridgehead atoms. The van der Waals surface area contributed by atoms with Crippen LogP contribution in [0.3, 0.4) is 0 Å². The van der Waals surface area contributed by atoms with Crippen molar-refractivity contribution < 1.29 is 8.42 Å². The number of halogens is 1. The van der Waals surface area contributed by atoms with Crippen molar-refractivity contribution in [1.29, 1.82) is 0 Å². The van der Waals surface area contributed by atoms with Gasteiger partial charge in [-0.25, -0.2) is 8.42 Å². The molecule has 0 radical (unpaired) electrons. The van der Waals surface area contributed by atoms with Crippen molar-refractivity contribution in [3.05, 3.63) is 28.7 Å². The van der Waals surface area contributed by atoms with Gasteiger partial charge in [-0.3, -0.25) is 0 Å². The van der Waals surface area contributed by atoms with Crippen LogP contribution in [0.4, 0.5) is 0 Å². The average Bonchev–Trinajstić information content (AvgIpc) is 1.86. The summed E-state index contributed by atoms with van der Waals surface area (Å²) in [6, 6.07) is 6.48. The molecular weight excluding hydrogens is 247 g/mol. The van der Waals surface area contributed by atoms with Crippen LogP contribution in [0.25, 0.3) is 0 Å². The maximum absolute atomic E-state index is 10.9. The lowest BCUT2D eigenvalue weighted by Gasteiger charge is -1.95. The molecule has 0 heterocycles. The van der Waals surface area contributed by atoms with E-state index in [4.69, 9.17) is 0 Å². The Balaban J connectivity index is 3.20. The Labute approximate surface area is 76.0 Å². The summed E-state index contributed by atoms with van der Waals surface area (Å²) in [6.07, 6.45) is 0. The molecule has 0 aliphatic carbocycles. The molecular formula is C6H6BrO2PS. The summed E-state index contributed by atoms with van der Waals surface area (Å²) in [6.45, 7) is 0. The first-order chi connectivity index (χ1) is 5.00. The quantitative estimate of drug-likeness (QED) is 0.717. The normalized spacial score (nSPS) is 11.5. The average molecular weight is 253 g/mol. The third-order valence-electron chi connectivity index (χ3n) is 1.14. The van der Waals surface area contributed by atoms with Crippen LogP contribution in [0.2, 0.25) is 0 Å².